The third-order valence-electron chi connectivity index (χ3n) is 6.15. The van der Waals surface area contributed by atoms with Gasteiger partial charge >= 0.3 is 0 Å². The minimum Gasteiger partial charge on any atom is -0.391 e. The maximum Gasteiger partial charge on any atom is 0.0776 e. The highest BCUT2D eigenvalue weighted by atomic mass is 16.3. The van der Waals surface area contributed by atoms with Crippen LogP contribution < -0.4 is 0 Å². The molecule has 0 aromatic heterocycles. The van der Waals surface area contributed by atoms with E-state index in [1.807, 2.05) is 0 Å². The Balaban J connectivity index is 1.78. The predicted octanol–water partition coefficient (Wildman–Crippen LogP) is 5.77. The number of hydrogen-bond donors (Lipinski definition) is 1. The summed E-state index contributed by atoms with van der Waals surface area (Å²) in [5.41, 5.74) is 5.37. The number of aliphatic hydroxyl groups excluding tert-OH is 1. The lowest BCUT2D eigenvalue weighted by molar-refractivity contribution is 0.0962. The highest BCUT2D eigenvalue weighted by Gasteiger charge is 2.31. The first kappa shape index (κ1) is 21.1. The molecule has 2 heteroatoms. The number of rotatable bonds is 11. The van der Waals surface area contributed by atoms with E-state index in [1.54, 1.807) is 0 Å². The lowest BCUT2D eigenvalue weighted by Gasteiger charge is -2.34. The van der Waals surface area contributed by atoms with Crippen molar-refractivity contribution in [3.05, 3.63) is 70.8 Å². The number of nitrogens with zero attached hydrogens (tertiary/aromatic N) is 1. The second kappa shape index (κ2) is 10.8. The van der Waals surface area contributed by atoms with Crippen molar-refractivity contribution in [2.45, 2.75) is 70.8 Å². The van der Waals surface area contributed by atoms with Crippen LogP contribution in [0.5, 0.6) is 0 Å². The van der Waals surface area contributed by atoms with Gasteiger partial charge in [-0.1, -0.05) is 88.1 Å². The molecule has 3 rings (SSSR count). The summed E-state index contributed by atoms with van der Waals surface area (Å²) < 4.78 is 0. The molecule has 0 heterocycles. The van der Waals surface area contributed by atoms with E-state index in [0.29, 0.717) is 0 Å². The third-order valence-corrected chi connectivity index (χ3v) is 6.15. The molecule has 1 atom stereocenters. The van der Waals surface area contributed by atoms with E-state index in [2.05, 4.69) is 67.3 Å². The van der Waals surface area contributed by atoms with Gasteiger partial charge in [0.2, 0.25) is 0 Å². The van der Waals surface area contributed by atoms with Crippen molar-refractivity contribution in [1.29, 1.82) is 0 Å². The number of aliphatic hydroxyl groups is 1. The highest BCUT2D eigenvalue weighted by molar-refractivity contribution is 5.49. The van der Waals surface area contributed by atoms with E-state index in [1.165, 1.54) is 60.8 Å². The summed E-state index contributed by atoms with van der Waals surface area (Å²) in [5.74, 6) is 0.0843. The van der Waals surface area contributed by atoms with Gasteiger partial charge in [0.25, 0.3) is 0 Å². The van der Waals surface area contributed by atoms with Crippen LogP contribution >= 0.6 is 0 Å². The minimum absolute atomic E-state index is 0.0843. The van der Waals surface area contributed by atoms with Crippen LogP contribution in [0.15, 0.2) is 48.5 Å². The van der Waals surface area contributed by atoms with Gasteiger partial charge < -0.3 is 10.0 Å². The molecular weight excluding hydrogens is 342 g/mol. The number of fused-ring (bicyclic) bond motifs is 2. The molecule has 1 aliphatic carbocycles. The van der Waals surface area contributed by atoms with Crippen molar-refractivity contribution in [3.8, 4) is 0 Å². The summed E-state index contributed by atoms with van der Waals surface area (Å²) in [6.07, 6.45) is 8.10. The monoisotopic (exact) mass is 379 g/mol. The quantitative estimate of drug-likeness (QED) is 0.501. The van der Waals surface area contributed by atoms with Crippen LogP contribution in [0.4, 0.5) is 0 Å². The van der Waals surface area contributed by atoms with E-state index >= 15 is 0 Å². The molecule has 1 N–H and O–H groups in total. The molecule has 0 aliphatic heterocycles. The fourth-order valence-corrected chi connectivity index (χ4v) is 4.62. The first-order valence-corrected chi connectivity index (χ1v) is 11.3. The van der Waals surface area contributed by atoms with Crippen LogP contribution in [0.3, 0.4) is 0 Å². The fraction of sp³-hybridized carbons (Fsp3) is 0.538. The Kier molecular flexibility index (Phi) is 8.12. The Bertz CT molecular complexity index is 670. The maximum atomic E-state index is 11.4. The predicted molar refractivity (Wildman–Crippen MR) is 119 cm³/mol. The molecule has 0 saturated carbocycles. The van der Waals surface area contributed by atoms with Gasteiger partial charge in [-0.3, -0.25) is 0 Å². The standard InChI is InChI=1S/C26H37NO/c1-3-5-11-17-27(18-12-6-4-2)20-25(28)26-23-15-9-7-13-21(23)19-22-14-8-10-16-24(22)26/h7-10,13-16,25-26,28H,3-6,11-12,17-20H2,1-2H3. The number of unbranched alkanes of at least 4 members (excludes halogenated alkanes) is 4. The molecule has 0 saturated heterocycles. The molecule has 1 unspecified atom stereocenters. The molecule has 2 aromatic carbocycles. The van der Waals surface area contributed by atoms with Gasteiger partial charge in [0, 0.05) is 12.5 Å². The van der Waals surface area contributed by atoms with Gasteiger partial charge in [0.1, 0.15) is 0 Å². The van der Waals surface area contributed by atoms with Crippen molar-refractivity contribution >= 4 is 0 Å². The zero-order valence-electron chi connectivity index (χ0n) is 17.7. The van der Waals surface area contributed by atoms with Gasteiger partial charge in [-0.25, -0.2) is 0 Å². The average molecular weight is 380 g/mol. The van der Waals surface area contributed by atoms with Crippen LogP contribution in [0.1, 0.15) is 80.5 Å². The van der Waals surface area contributed by atoms with E-state index in [0.717, 1.165) is 26.1 Å². The first-order valence-electron chi connectivity index (χ1n) is 11.3. The zero-order valence-corrected chi connectivity index (χ0v) is 17.7. The molecule has 2 nitrogen and oxygen atoms in total. The summed E-state index contributed by atoms with van der Waals surface area (Å²) >= 11 is 0. The average Bonchev–Trinajstić information content (AvgIpc) is 2.72. The van der Waals surface area contributed by atoms with E-state index in [9.17, 15) is 5.11 Å². The van der Waals surface area contributed by atoms with Gasteiger partial charge in [0.15, 0.2) is 0 Å². The lowest BCUT2D eigenvalue weighted by atomic mass is 9.75. The topological polar surface area (TPSA) is 23.5 Å². The van der Waals surface area contributed by atoms with Crippen molar-refractivity contribution in [3.63, 3.8) is 0 Å². The molecule has 0 fully saturated rings. The van der Waals surface area contributed by atoms with Crippen molar-refractivity contribution < 1.29 is 5.11 Å². The van der Waals surface area contributed by atoms with Crippen LogP contribution in [-0.4, -0.2) is 35.7 Å². The molecule has 28 heavy (non-hydrogen) atoms. The summed E-state index contributed by atoms with van der Waals surface area (Å²) in [7, 11) is 0. The van der Waals surface area contributed by atoms with E-state index in [-0.39, 0.29) is 12.0 Å². The summed E-state index contributed by atoms with van der Waals surface area (Å²) in [6.45, 7) is 7.48. The Morgan fingerprint density at radius 1 is 0.821 bits per heavy atom. The molecule has 0 amide bonds. The molecule has 152 valence electrons. The number of benzene rings is 2. The maximum absolute atomic E-state index is 11.4. The highest BCUT2D eigenvalue weighted by Crippen LogP contribution is 2.38. The van der Waals surface area contributed by atoms with Crippen molar-refractivity contribution in [2.75, 3.05) is 19.6 Å². The van der Waals surface area contributed by atoms with Gasteiger partial charge in [0.05, 0.1) is 6.10 Å². The summed E-state index contributed by atoms with van der Waals surface area (Å²) in [5, 5.41) is 11.4. The Hall–Kier alpha value is -1.64. The minimum atomic E-state index is -0.370. The van der Waals surface area contributed by atoms with Crippen LogP contribution in [0.25, 0.3) is 0 Å². The largest absolute Gasteiger partial charge is 0.391 e. The molecule has 0 bridgehead atoms. The van der Waals surface area contributed by atoms with Gasteiger partial charge in [-0.05, 0) is 54.6 Å². The molecule has 0 spiro atoms. The summed E-state index contributed by atoms with van der Waals surface area (Å²) in [6, 6.07) is 17.4. The molecule has 0 radical (unpaired) electrons. The second-order valence-corrected chi connectivity index (χ2v) is 8.33. The Labute approximate surface area is 171 Å². The second-order valence-electron chi connectivity index (χ2n) is 8.33. The van der Waals surface area contributed by atoms with E-state index in [4.69, 9.17) is 0 Å². The van der Waals surface area contributed by atoms with Crippen molar-refractivity contribution in [2.24, 2.45) is 0 Å². The van der Waals surface area contributed by atoms with Crippen molar-refractivity contribution in [1.82, 2.24) is 4.90 Å². The van der Waals surface area contributed by atoms with Crippen LogP contribution in [-0.2, 0) is 6.42 Å². The smallest absolute Gasteiger partial charge is 0.0776 e. The first-order chi connectivity index (χ1) is 13.7. The normalized spacial score (nSPS) is 14.7. The third kappa shape index (κ3) is 5.24. The lowest BCUT2D eigenvalue weighted by Crippen LogP contribution is -2.38. The van der Waals surface area contributed by atoms with E-state index < -0.39 is 0 Å². The number of hydrogen-bond acceptors (Lipinski definition) is 2. The SMILES string of the molecule is CCCCCN(CCCCC)CC(O)C1c2ccccc2Cc2ccccc21. The Morgan fingerprint density at radius 2 is 1.32 bits per heavy atom. The van der Waals surface area contributed by atoms with Gasteiger partial charge in [-0.2, -0.15) is 0 Å². The summed E-state index contributed by atoms with van der Waals surface area (Å²) in [4.78, 5) is 2.51. The Morgan fingerprint density at radius 3 is 1.82 bits per heavy atom. The van der Waals surface area contributed by atoms with Crippen LogP contribution in [0.2, 0.25) is 0 Å². The fourth-order valence-electron chi connectivity index (χ4n) is 4.62. The molecule has 2 aromatic rings. The zero-order chi connectivity index (χ0) is 19.8. The molecular formula is C26H37NO. The molecule has 1 aliphatic rings. The van der Waals surface area contributed by atoms with Gasteiger partial charge in [-0.15, -0.1) is 0 Å². The van der Waals surface area contributed by atoms with Crippen LogP contribution in [0, 0.1) is 0 Å².